The van der Waals surface area contributed by atoms with E-state index in [9.17, 15) is 37.9 Å². The molecule has 0 radical (unpaired) electrons. The molecule has 0 aromatic rings. The molecule has 0 saturated carbocycles. The number of carbonyl (C=O) groups excluding carboxylic acids is 2. The topological polar surface area (TPSA) is 186 Å². The lowest BCUT2D eigenvalue weighted by Gasteiger charge is -2.40. The third kappa shape index (κ3) is 28.3. The van der Waals surface area contributed by atoms with Crippen LogP contribution in [0.4, 0.5) is 0 Å². The number of allylic oxidation sites excluding steroid dienone is 5. The van der Waals surface area contributed by atoms with Crippen LogP contribution >= 0.6 is 0 Å². The van der Waals surface area contributed by atoms with Crippen LogP contribution in [0.2, 0.25) is 0 Å². The van der Waals surface area contributed by atoms with Gasteiger partial charge in [0.1, 0.15) is 36.8 Å². The molecule has 0 aliphatic carbocycles. The van der Waals surface area contributed by atoms with E-state index in [1.807, 2.05) is 6.08 Å². The highest BCUT2D eigenvalue weighted by atomic mass is 32.2. The number of unbranched alkanes of at least 4 members (excludes halogenated alkanes) is 20. The summed E-state index contributed by atoms with van der Waals surface area (Å²) in [4.78, 5) is 25.2. The maximum atomic E-state index is 12.7. The van der Waals surface area contributed by atoms with Gasteiger partial charge in [0.15, 0.2) is 12.4 Å². The van der Waals surface area contributed by atoms with Crippen molar-refractivity contribution in [2.45, 2.75) is 205 Å². The molecule has 2 unspecified atom stereocenters. The summed E-state index contributed by atoms with van der Waals surface area (Å²) in [5.41, 5.74) is 0. The van der Waals surface area contributed by atoms with Crippen molar-refractivity contribution >= 4 is 22.1 Å². The minimum absolute atomic E-state index is 0.189. The predicted molar refractivity (Wildman–Crippen MR) is 219 cm³/mol. The van der Waals surface area contributed by atoms with Gasteiger partial charge >= 0.3 is 11.9 Å². The van der Waals surface area contributed by atoms with E-state index in [2.05, 4.69) is 26.0 Å². The lowest BCUT2D eigenvalue weighted by atomic mass is 10.00. The second-order valence-corrected chi connectivity index (χ2v) is 16.6. The van der Waals surface area contributed by atoms with E-state index in [4.69, 9.17) is 18.9 Å². The molecule has 4 N–H and O–H groups in total. The van der Waals surface area contributed by atoms with Crippen LogP contribution < -0.4 is 0 Å². The average Bonchev–Trinajstić information content (AvgIpc) is 3.16. The van der Waals surface area contributed by atoms with E-state index in [0.29, 0.717) is 6.42 Å². The van der Waals surface area contributed by atoms with Crippen LogP contribution in [-0.4, -0.2) is 96.0 Å². The molecule has 0 amide bonds. The first-order valence-electron chi connectivity index (χ1n) is 21.6. The maximum Gasteiger partial charge on any atom is 0.331 e. The maximum absolute atomic E-state index is 12.7. The fourth-order valence-electron chi connectivity index (χ4n) is 6.40. The zero-order valence-electron chi connectivity index (χ0n) is 34.5. The molecule has 0 aromatic carbocycles. The SMILES string of the molecule is CCCCCC/C=C/CCCCCCCC(=O)OC[C@H](CO[C@H]1O[C@H](CS(=O)(=O)O)[C@@H](O)C(O)C1O)OC(=O)/C=C/C=C/CCCCCCCCCCCCC. The van der Waals surface area contributed by atoms with Crippen LogP contribution in [0.5, 0.6) is 0 Å². The average molecular weight is 817 g/mol. The molecule has 56 heavy (non-hydrogen) atoms. The molecule has 1 aliphatic heterocycles. The van der Waals surface area contributed by atoms with E-state index in [0.717, 1.165) is 57.8 Å². The van der Waals surface area contributed by atoms with Gasteiger partial charge in [0.2, 0.25) is 0 Å². The number of carbonyl (C=O) groups is 2. The highest BCUT2D eigenvalue weighted by molar-refractivity contribution is 7.85. The van der Waals surface area contributed by atoms with Crippen molar-refractivity contribution in [1.82, 2.24) is 0 Å². The number of aliphatic hydroxyl groups excluding tert-OH is 3. The van der Waals surface area contributed by atoms with Crippen LogP contribution in [0.1, 0.15) is 168 Å². The Bertz CT molecular complexity index is 1190. The quantitative estimate of drug-likeness (QED) is 0.0120. The molecular weight excluding hydrogens is 741 g/mol. The number of hydrogen-bond acceptors (Lipinski definition) is 11. The lowest BCUT2D eigenvalue weighted by molar-refractivity contribution is -0.297. The minimum atomic E-state index is -4.61. The number of hydrogen-bond donors (Lipinski definition) is 4. The van der Waals surface area contributed by atoms with Gasteiger partial charge in [-0.05, 0) is 44.9 Å². The summed E-state index contributed by atoms with van der Waals surface area (Å²) >= 11 is 0. The molecule has 1 fully saturated rings. The molecule has 1 aliphatic rings. The summed E-state index contributed by atoms with van der Waals surface area (Å²) in [7, 11) is -4.61. The molecule has 326 valence electrons. The van der Waals surface area contributed by atoms with E-state index in [1.165, 1.54) is 89.5 Å². The first-order chi connectivity index (χ1) is 27.0. The zero-order valence-corrected chi connectivity index (χ0v) is 35.3. The standard InChI is InChI=1S/C43H76O12S/c1-3-5-7-9-11-13-15-17-18-20-22-24-26-28-30-32-39(45)54-36(34-53-43-42(48)41(47)40(46)37(55-43)35-56(49,50)51)33-52-38(44)31-29-27-25-23-21-19-16-14-12-10-8-6-4-2/h14,16,26,28,30,32,36-37,40-43,46-48H,3-13,15,17-25,27,29,31,33-35H2,1-2H3,(H,49,50,51)/b16-14+,28-26+,32-30+/t36-,37-,40-,41?,42?,43+/m1/s1. The fourth-order valence-corrected chi connectivity index (χ4v) is 7.09. The van der Waals surface area contributed by atoms with Crippen LogP contribution in [0.25, 0.3) is 0 Å². The zero-order chi connectivity index (χ0) is 41.3. The van der Waals surface area contributed by atoms with E-state index >= 15 is 0 Å². The Morgan fingerprint density at radius 1 is 0.643 bits per heavy atom. The van der Waals surface area contributed by atoms with Crippen LogP contribution in [-0.2, 0) is 38.7 Å². The summed E-state index contributed by atoms with van der Waals surface area (Å²) in [6.07, 6.45) is 28.3. The Balaban J connectivity index is 2.54. The Hall–Kier alpha value is -2.13. The van der Waals surface area contributed by atoms with E-state index in [-0.39, 0.29) is 13.0 Å². The number of esters is 2. The van der Waals surface area contributed by atoms with E-state index < -0.39 is 71.2 Å². The first-order valence-corrected chi connectivity index (χ1v) is 23.2. The highest BCUT2D eigenvalue weighted by Crippen LogP contribution is 2.24. The largest absolute Gasteiger partial charge is 0.462 e. The summed E-state index contributed by atoms with van der Waals surface area (Å²) in [6, 6.07) is 0. The van der Waals surface area contributed by atoms with Gasteiger partial charge in [-0.15, -0.1) is 0 Å². The van der Waals surface area contributed by atoms with Gasteiger partial charge in [0, 0.05) is 12.5 Å². The van der Waals surface area contributed by atoms with Crippen molar-refractivity contribution in [3.63, 3.8) is 0 Å². The summed E-state index contributed by atoms with van der Waals surface area (Å²) in [5, 5.41) is 30.8. The van der Waals surface area contributed by atoms with Crippen LogP contribution in [0.3, 0.4) is 0 Å². The van der Waals surface area contributed by atoms with E-state index in [1.54, 1.807) is 12.2 Å². The Kier molecular flexibility index (Phi) is 31.3. The van der Waals surface area contributed by atoms with Crippen molar-refractivity contribution in [2.24, 2.45) is 0 Å². The molecule has 1 saturated heterocycles. The van der Waals surface area contributed by atoms with Crippen molar-refractivity contribution in [3.05, 3.63) is 36.5 Å². The molecule has 0 aromatic heterocycles. The molecule has 0 bridgehead atoms. The lowest BCUT2D eigenvalue weighted by Crippen LogP contribution is -2.60. The Morgan fingerprint density at radius 3 is 1.70 bits per heavy atom. The minimum Gasteiger partial charge on any atom is -0.462 e. The molecule has 0 spiro atoms. The molecular formula is C43H76O12S. The number of rotatable bonds is 35. The molecule has 13 heteroatoms. The van der Waals surface area contributed by atoms with Crippen molar-refractivity contribution < 1.29 is 56.8 Å². The van der Waals surface area contributed by atoms with Crippen LogP contribution in [0.15, 0.2) is 36.5 Å². The predicted octanol–water partition coefficient (Wildman–Crippen LogP) is 8.22. The van der Waals surface area contributed by atoms with Gasteiger partial charge in [-0.2, -0.15) is 8.42 Å². The first kappa shape index (κ1) is 51.9. The van der Waals surface area contributed by atoms with Gasteiger partial charge in [0.05, 0.1) is 6.61 Å². The fraction of sp³-hybridized carbons (Fsp3) is 0.814. The summed E-state index contributed by atoms with van der Waals surface area (Å²) in [6.45, 7) is 3.63. The summed E-state index contributed by atoms with van der Waals surface area (Å²) < 4.78 is 53.7. The monoisotopic (exact) mass is 817 g/mol. The summed E-state index contributed by atoms with van der Waals surface area (Å²) in [5.74, 6) is -2.26. The van der Waals surface area contributed by atoms with Crippen molar-refractivity contribution in [2.75, 3.05) is 19.0 Å². The molecule has 12 nitrogen and oxygen atoms in total. The molecule has 1 rings (SSSR count). The van der Waals surface area contributed by atoms with Gasteiger partial charge in [-0.1, -0.05) is 147 Å². The van der Waals surface area contributed by atoms with Gasteiger partial charge < -0.3 is 34.3 Å². The van der Waals surface area contributed by atoms with Crippen LogP contribution in [0, 0.1) is 0 Å². The van der Waals surface area contributed by atoms with Gasteiger partial charge in [-0.3, -0.25) is 9.35 Å². The molecule has 1 heterocycles. The van der Waals surface area contributed by atoms with Gasteiger partial charge in [0.25, 0.3) is 10.1 Å². The normalized spacial score (nSPS) is 21.0. The molecule has 6 atom stereocenters. The highest BCUT2D eigenvalue weighted by Gasteiger charge is 2.46. The third-order valence-electron chi connectivity index (χ3n) is 9.80. The van der Waals surface area contributed by atoms with Crippen molar-refractivity contribution in [3.8, 4) is 0 Å². The Labute approximate surface area is 338 Å². The second kappa shape index (κ2) is 33.8. The third-order valence-corrected chi connectivity index (χ3v) is 10.5. The van der Waals surface area contributed by atoms with Gasteiger partial charge in [-0.25, -0.2) is 4.79 Å². The van der Waals surface area contributed by atoms with Crippen molar-refractivity contribution in [1.29, 1.82) is 0 Å². The number of ether oxygens (including phenoxy) is 4. The smallest absolute Gasteiger partial charge is 0.331 e. The Morgan fingerprint density at radius 2 is 1.14 bits per heavy atom. The number of aliphatic hydroxyl groups is 3. The second-order valence-electron chi connectivity index (χ2n) is 15.1.